The summed E-state index contributed by atoms with van der Waals surface area (Å²) in [5.74, 6) is 0.333. The average Bonchev–Trinajstić information content (AvgIpc) is 3.23. The molecule has 0 radical (unpaired) electrons. The van der Waals surface area contributed by atoms with Crippen molar-refractivity contribution in [1.29, 1.82) is 0 Å². The second-order valence-corrected chi connectivity index (χ2v) is 8.41. The number of benzene rings is 2. The monoisotopic (exact) mass is 388 g/mol. The molecule has 1 aliphatic heterocycles. The molecule has 27 heavy (non-hydrogen) atoms. The van der Waals surface area contributed by atoms with E-state index in [1.54, 1.807) is 12.1 Å². The standard InChI is InChI=1S/C20H24N2O4S/c1-2-16-5-9-18(10-6-16)26-15-20(23)21-17-7-11-19(12-8-17)27(24,25)22-13-3-4-14-22/h5-12H,2-4,13-15H2,1H3,(H,21,23). The summed E-state index contributed by atoms with van der Waals surface area (Å²) in [6, 6.07) is 13.8. The van der Waals surface area contributed by atoms with Gasteiger partial charge in [0.2, 0.25) is 10.0 Å². The molecule has 1 aliphatic rings. The number of rotatable bonds is 7. The van der Waals surface area contributed by atoms with Gasteiger partial charge in [0.15, 0.2) is 6.61 Å². The number of amides is 1. The third-order valence-electron chi connectivity index (χ3n) is 4.54. The minimum absolute atomic E-state index is 0.112. The van der Waals surface area contributed by atoms with Crippen molar-refractivity contribution >= 4 is 21.6 Å². The van der Waals surface area contributed by atoms with Crippen molar-refractivity contribution in [3.63, 3.8) is 0 Å². The van der Waals surface area contributed by atoms with E-state index in [0.717, 1.165) is 19.3 Å². The van der Waals surface area contributed by atoms with Gasteiger partial charge in [0.1, 0.15) is 5.75 Å². The molecule has 7 heteroatoms. The molecule has 0 bridgehead atoms. The fraction of sp³-hybridized carbons (Fsp3) is 0.350. The number of anilines is 1. The molecule has 1 amide bonds. The van der Waals surface area contributed by atoms with Gasteiger partial charge in [0, 0.05) is 18.8 Å². The van der Waals surface area contributed by atoms with Gasteiger partial charge in [-0.2, -0.15) is 4.31 Å². The molecule has 0 aromatic heterocycles. The zero-order valence-corrected chi connectivity index (χ0v) is 16.2. The van der Waals surface area contributed by atoms with Crippen LogP contribution in [0.3, 0.4) is 0 Å². The highest BCUT2D eigenvalue weighted by Crippen LogP contribution is 2.22. The first-order valence-electron chi connectivity index (χ1n) is 9.11. The van der Waals surface area contributed by atoms with Gasteiger partial charge in [-0.3, -0.25) is 4.79 Å². The summed E-state index contributed by atoms with van der Waals surface area (Å²) in [5.41, 5.74) is 1.74. The van der Waals surface area contributed by atoms with Gasteiger partial charge >= 0.3 is 0 Å². The molecule has 1 heterocycles. The second-order valence-electron chi connectivity index (χ2n) is 6.47. The van der Waals surface area contributed by atoms with Crippen LogP contribution >= 0.6 is 0 Å². The van der Waals surface area contributed by atoms with E-state index < -0.39 is 10.0 Å². The van der Waals surface area contributed by atoms with E-state index in [-0.39, 0.29) is 17.4 Å². The Morgan fingerprint density at radius 1 is 1.04 bits per heavy atom. The van der Waals surface area contributed by atoms with Crippen molar-refractivity contribution in [3.8, 4) is 5.75 Å². The van der Waals surface area contributed by atoms with E-state index in [9.17, 15) is 13.2 Å². The smallest absolute Gasteiger partial charge is 0.262 e. The molecule has 0 aliphatic carbocycles. The van der Waals surface area contributed by atoms with Gasteiger partial charge in [-0.25, -0.2) is 8.42 Å². The molecule has 0 atom stereocenters. The van der Waals surface area contributed by atoms with Crippen LogP contribution in [-0.2, 0) is 21.2 Å². The van der Waals surface area contributed by atoms with E-state index >= 15 is 0 Å². The van der Waals surface area contributed by atoms with Crippen LogP contribution < -0.4 is 10.1 Å². The Bertz CT molecular complexity index is 871. The fourth-order valence-electron chi connectivity index (χ4n) is 2.96. The Kier molecular flexibility index (Phi) is 6.13. The highest BCUT2D eigenvalue weighted by Gasteiger charge is 2.26. The number of carbonyl (C=O) groups excluding carboxylic acids is 1. The molecular weight excluding hydrogens is 364 g/mol. The molecule has 2 aromatic rings. The maximum atomic E-state index is 12.5. The van der Waals surface area contributed by atoms with E-state index in [4.69, 9.17) is 4.74 Å². The predicted molar refractivity (Wildman–Crippen MR) is 104 cm³/mol. The summed E-state index contributed by atoms with van der Waals surface area (Å²) in [6.07, 6.45) is 2.74. The van der Waals surface area contributed by atoms with Crippen molar-refractivity contribution < 1.29 is 17.9 Å². The van der Waals surface area contributed by atoms with Crippen LogP contribution in [0.15, 0.2) is 53.4 Å². The number of nitrogens with one attached hydrogen (secondary N) is 1. The van der Waals surface area contributed by atoms with E-state index in [1.165, 1.54) is 22.0 Å². The number of hydrogen-bond acceptors (Lipinski definition) is 4. The van der Waals surface area contributed by atoms with Crippen LogP contribution in [0.2, 0.25) is 0 Å². The van der Waals surface area contributed by atoms with Gasteiger partial charge in [-0.1, -0.05) is 19.1 Å². The lowest BCUT2D eigenvalue weighted by Crippen LogP contribution is -2.27. The average molecular weight is 388 g/mol. The maximum Gasteiger partial charge on any atom is 0.262 e. The molecule has 6 nitrogen and oxygen atoms in total. The molecule has 0 unspecified atom stereocenters. The largest absolute Gasteiger partial charge is 0.484 e. The van der Waals surface area contributed by atoms with Crippen molar-refractivity contribution in [2.24, 2.45) is 0 Å². The molecule has 0 saturated carbocycles. The van der Waals surface area contributed by atoms with Crippen molar-refractivity contribution in [3.05, 3.63) is 54.1 Å². The minimum Gasteiger partial charge on any atom is -0.484 e. The van der Waals surface area contributed by atoms with Gasteiger partial charge in [0.25, 0.3) is 5.91 Å². The zero-order chi connectivity index (χ0) is 19.3. The quantitative estimate of drug-likeness (QED) is 0.791. The minimum atomic E-state index is -3.44. The Balaban J connectivity index is 1.55. The van der Waals surface area contributed by atoms with E-state index in [0.29, 0.717) is 24.5 Å². The summed E-state index contributed by atoms with van der Waals surface area (Å²) in [7, 11) is -3.44. The number of sulfonamides is 1. The Labute approximate surface area is 160 Å². The number of nitrogens with zero attached hydrogens (tertiary/aromatic N) is 1. The lowest BCUT2D eigenvalue weighted by Gasteiger charge is -2.15. The first-order chi connectivity index (χ1) is 13.0. The third kappa shape index (κ3) is 4.87. The molecule has 3 rings (SSSR count). The van der Waals surface area contributed by atoms with Crippen LogP contribution in [0, 0.1) is 0 Å². The predicted octanol–water partition coefficient (Wildman–Crippen LogP) is 3.05. The van der Waals surface area contributed by atoms with Gasteiger partial charge < -0.3 is 10.1 Å². The molecule has 0 spiro atoms. The molecule has 2 aromatic carbocycles. The second kappa shape index (κ2) is 8.54. The number of aryl methyl sites for hydroxylation is 1. The highest BCUT2D eigenvalue weighted by atomic mass is 32.2. The molecule has 1 saturated heterocycles. The van der Waals surface area contributed by atoms with Crippen LogP contribution in [0.25, 0.3) is 0 Å². The SMILES string of the molecule is CCc1ccc(OCC(=O)Nc2ccc(S(=O)(=O)N3CCCC3)cc2)cc1. The zero-order valence-electron chi connectivity index (χ0n) is 15.3. The molecule has 1 N–H and O–H groups in total. The molecule has 144 valence electrons. The van der Waals surface area contributed by atoms with Crippen LogP contribution in [0.1, 0.15) is 25.3 Å². The van der Waals surface area contributed by atoms with Crippen LogP contribution in [-0.4, -0.2) is 38.3 Å². The Morgan fingerprint density at radius 3 is 2.26 bits per heavy atom. The maximum absolute atomic E-state index is 12.5. The Morgan fingerprint density at radius 2 is 1.67 bits per heavy atom. The summed E-state index contributed by atoms with van der Waals surface area (Å²) in [5, 5.41) is 2.71. The highest BCUT2D eigenvalue weighted by molar-refractivity contribution is 7.89. The number of ether oxygens (including phenoxy) is 1. The molecular formula is C20H24N2O4S. The number of hydrogen-bond donors (Lipinski definition) is 1. The lowest BCUT2D eigenvalue weighted by molar-refractivity contribution is -0.118. The van der Waals surface area contributed by atoms with Gasteiger partial charge in [-0.05, 0) is 61.2 Å². The fourth-order valence-corrected chi connectivity index (χ4v) is 4.47. The van der Waals surface area contributed by atoms with Gasteiger partial charge in [-0.15, -0.1) is 0 Å². The molecule has 1 fully saturated rings. The van der Waals surface area contributed by atoms with Crippen molar-refractivity contribution in [2.75, 3.05) is 25.0 Å². The summed E-state index contributed by atoms with van der Waals surface area (Å²) >= 11 is 0. The van der Waals surface area contributed by atoms with E-state index in [2.05, 4.69) is 12.2 Å². The first-order valence-corrected chi connectivity index (χ1v) is 10.5. The first kappa shape index (κ1) is 19.4. The summed E-state index contributed by atoms with van der Waals surface area (Å²) < 4.78 is 32.0. The third-order valence-corrected chi connectivity index (χ3v) is 6.46. The number of carbonyl (C=O) groups is 1. The summed E-state index contributed by atoms with van der Waals surface area (Å²) in [4.78, 5) is 12.3. The lowest BCUT2D eigenvalue weighted by atomic mass is 10.2. The van der Waals surface area contributed by atoms with Crippen molar-refractivity contribution in [1.82, 2.24) is 4.31 Å². The topological polar surface area (TPSA) is 75.7 Å². The normalized spacial score (nSPS) is 14.9. The van der Waals surface area contributed by atoms with Crippen LogP contribution in [0.5, 0.6) is 5.75 Å². The van der Waals surface area contributed by atoms with Crippen molar-refractivity contribution in [2.45, 2.75) is 31.1 Å². The summed E-state index contributed by atoms with van der Waals surface area (Å²) in [6.45, 7) is 3.10. The van der Waals surface area contributed by atoms with E-state index in [1.807, 2.05) is 24.3 Å². The van der Waals surface area contributed by atoms with Crippen LogP contribution in [0.4, 0.5) is 5.69 Å². The Hall–Kier alpha value is -2.38. The van der Waals surface area contributed by atoms with Gasteiger partial charge in [0.05, 0.1) is 4.90 Å².